The van der Waals surface area contributed by atoms with Crippen molar-refractivity contribution in [3.63, 3.8) is 0 Å². The van der Waals surface area contributed by atoms with Gasteiger partial charge in [0.2, 0.25) is 0 Å². The molecule has 1 fully saturated rings. The Bertz CT molecular complexity index is 652. The number of ether oxygens (including phenoxy) is 4. The molecule has 2 aliphatic rings. The molecule has 11 heteroatoms. The molecule has 0 saturated carbocycles. The standard InChI is InChI=1S/C22H34N2O9/c25-19-8-9-20(26)24(19)33-21(27)10-12-29-14-16-31-17-15-30-13-11-23-22(28)32-18-6-4-2-1-3-5-7-18/h1-2,18H,3-17H2,(H,23,28). The van der Waals surface area contributed by atoms with Gasteiger partial charge in [-0.2, -0.15) is 0 Å². The number of carbonyl (C=O) groups excluding carboxylic acids is 4. The van der Waals surface area contributed by atoms with Gasteiger partial charge in [0.25, 0.3) is 11.8 Å². The van der Waals surface area contributed by atoms with Crippen LogP contribution >= 0.6 is 0 Å². The van der Waals surface area contributed by atoms with Crippen molar-refractivity contribution in [2.75, 3.05) is 46.2 Å². The predicted octanol–water partition coefficient (Wildman–Crippen LogP) is 1.65. The number of allylic oxidation sites excluding steroid dienone is 2. The summed E-state index contributed by atoms with van der Waals surface area (Å²) in [4.78, 5) is 50.8. The van der Waals surface area contributed by atoms with Gasteiger partial charge in [0, 0.05) is 19.4 Å². The van der Waals surface area contributed by atoms with E-state index in [1.807, 2.05) is 0 Å². The second-order valence-electron chi connectivity index (χ2n) is 7.57. The lowest BCUT2D eigenvalue weighted by Crippen LogP contribution is -2.32. The van der Waals surface area contributed by atoms with Crippen molar-refractivity contribution in [1.82, 2.24) is 10.4 Å². The van der Waals surface area contributed by atoms with E-state index in [1.54, 1.807) is 0 Å². The van der Waals surface area contributed by atoms with Gasteiger partial charge >= 0.3 is 12.1 Å². The highest BCUT2D eigenvalue weighted by Gasteiger charge is 2.32. The number of hydrogen-bond donors (Lipinski definition) is 1. The lowest BCUT2D eigenvalue weighted by molar-refractivity contribution is -0.198. The maximum atomic E-state index is 11.8. The largest absolute Gasteiger partial charge is 0.446 e. The van der Waals surface area contributed by atoms with Crippen molar-refractivity contribution in [3.8, 4) is 0 Å². The average molecular weight is 471 g/mol. The molecule has 0 radical (unpaired) electrons. The van der Waals surface area contributed by atoms with Gasteiger partial charge in [-0.3, -0.25) is 9.59 Å². The monoisotopic (exact) mass is 470 g/mol. The fraction of sp³-hybridized carbons (Fsp3) is 0.727. The zero-order valence-electron chi connectivity index (χ0n) is 19.0. The van der Waals surface area contributed by atoms with Crippen molar-refractivity contribution >= 4 is 23.9 Å². The molecule has 0 aromatic carbocycles. The minimum atomic E-state index is -0.702. The summed E-state index contributed by atoms with van der Waals surface area (Å²) in [6.07, 6.45) is 8.64. The number of hydrogen-bond acceptors (Lipinski definition) is 9. The van der Waals surface area contributed by atoms with Crippen LogP contribution in [-0.4, -0.2) is 81.2 Å². The Balaban J connectivity index is 1.34. The molecule has 1 aliphatic carbocycles. The number of amides is 3. The van der Waals surface area contributed by atoms with Gasteiger partial charge in [0.15, 0.2) is 0 Å². The van der Waals surface area contributed by atoms with Crippen LogP contribution in [0.4, 0.5) is 4.79 Å². The van der Waals surface area contributed by atoms with E-state index in [1.165, 1.54) is 0 Å². The summed E-state index contributed by atoms with van der Waals surface area (Å²) in [5.74, 6) is -1.72. The molecule has 11 nitrogen and oxygen atoms in total. The van der Waals surface area contributed by atoms with Crippen LogP contribution in [0.15, 0.2) is 12.2 Å². The van der Waals surface area contributed by atoms with E-state index in [0.29, 0.717) is 38.0 Å². The molecule has 1 unspecified atom stereocenters. The second-order valence-corrected chi connectivity index (χ2v) is 7.57. The zero-order valence-corrected chi connectivity index (χ0v) is 19.0. The Labute approximate surface area is 193 Å². The maximum Gasteiger partial charge on any atom is 0.407 e. The van der Waals surface area contributed by atoms with Crippen molar-refractivity contribution in [2.24, 2.45) is 0 Å². The summed E-state index contributed by atoms with van der Waals surface area (Å²) in [5.41, 5.74) is 0. The highest BCUT2D eigenvalue weighted by atomic mass is 16.7. The van der Waals surface area contributed by atoms with E-state index in [9.17, 15) is 19.2 Å². The molecule has 1 saturated heterocycles. The third-order valence-corrected chi connectivity index (χ3v) is 4.90. The van der Waals surface area contributed by atoms with Crippen LogP contribution < -0.4 is 5.32 Å². The third kappa shape index (κ3) is 11.8. The summed E-state index contributed by atoms with van der Waals surface area (Å²) < 4.78 is 21.4. The van der Waals surface area contributed by atoms with Crippen LogP contribution in [0.3, 0.4) is 0 Å². The van der Waals surface area contributed by atoms with Crippen LogP contribution in [0.25, 0.3) is 0 Å². The summed E-state index contributed by atoms with van der Waals surface area (Å²) in [6, 6.07) is 0. The van der Waals surface area contributed by atoms with Gasteiger partial charge in [-0.15, -0.1) is 5.06 Å². The van der Waals surface area contributed by atoms with Crippen LogP contribution in [0.1, 0.15) is 51.4 Å². The molecule has 0 bridgehead atoms. The van der Waals surface area contributed by atoms with Gasteiger partial charge in [0.1, 0.15) is 6.10 Å². The van der Waals surface area contributed by atoms with Crippen molar-refractivity contribution < 1.29 is 43.0 Å². The van der Waals surface area contributed by atoms with Gasteiger partial charge in [0.05, 0.1) is 46.1 Å². The Hall–Kier alpha value is -2.50. The number of rotatable bonds is 14. The molecule has 186 valence electrons. The summed E-state index contributed by atoms with van der Waals surface area (Å²) in [6.45, 7) is 2.14. The summed E-state index contributed by atoms with van der Waals surface area (Å²) in [5, 5.41) is 3.20. The molecule has 3 amide bonds. The molecule has 1 atom stereocenters. The van der Waals surface area contributed by atoms with Gasteiger partial charge in [-0.1, -0.05) is 12.2 Å². The number of hydroxylamine groups is 2. The molecule has 1 aliphatic heterocycles. The van der Waals surface area contributed by atoms with Gasteiger partial charge < -0.3 is 29.1 Å². The number of alkyl carbamates (subject to hydrolysis) is 1. The molecule has 0 aromatic heterocycles. The summed E-state index contributed by atoms with van der Waals surface area (Å²) >= 11 is 0. The third-order valence-electron chi connectivity index (χ3n) is 4.90. The molecule has 1 N–H and O–H groups in total. The smallest absolute Gasteiger partial charge is 0.407 e. The minimum absolute atomic E-state index is 0.0318. The number of carbonyl (C=O) groups is 4. The Morgan fingerprint density at radius 1 is 0.879 bits per heavy atom. The fourth-order valence-electron chi connectivity index (χ4n) is 3.16. The molecular formula is C22H34N2O9. The topological polar surface area (TPSA) is 130 Å². The normalized spacial score (nSPS) is 18.7. The van der Waals surface area contributed by atoms with Gasteiger partial charge in [-0.25, -0.2) is 9.59 Å². The molecular weight excluding hydrogens is 436 g/mol. The molecule has 2 rings (SSSR count). The Morgan fingerprint density at radius 2 is 1.52 bits per heavy atom. The van der Waals surface area contributed by atoms with Crippen LogP contribution in [0.5, 0.6) is 0 Å². The number of nitrogens with zero attached hydrogens (tertiary/aromatic N) is 1. The highest BCUT2D eigenvalue weighted by Crippen LogP contribution is 2.15. The SMILES string of the molecule is O=C(CCOCCOCCOCCNC(=O)OC1CCC=CCCC1)ON1C(=O)CCC1=O. The zero-order chi connectivity index (χ0) is 23.7. The number of imide groups is 1. The van der Waals surface area contributed by atoms with Crippen LogP contribution in [-0.2, 0) is 38.2 Å². The Morgan fingerprint density at radius 3 is 2.24 bits per heavy atom. The lowest BCUT2D eigenvalue weighted by atomic mass is 10.0. The first kappa shape index (κ1) is 26.7. The molecule has 33 heavy (non-hydrogen) atoms. The van der Waals surface area contributed by atoms with Crippen molar-refractivity contribution in [2.45, 2.75) is 57.5 Å². The van der Waals surface area contributed by atoms with E-state index in [2.05, 4.69) is 17.5 Å². The number of nitrogens with one attached hydrogen (secondary N) is 1. The van der Waals surface area contributed by atoms with Gasteiger partial charge in [-0.05, 0) is 32.1 Å². The average Bonchev–Trinajstić information content (AvgIpc) is 3.08. The second kappa shape index (κ2) is 16.2. The fourth-order valence-corrected chi connectivity index (χ4v) is 3.16. The van der Waals surface area contributed by atoms with E-state index in [-0.39, 0.29) is 38.6 Å². The quantitative estimate of drug-likeness (QED) is 0.229. The van der Waals surface area contributed by atoms with E-state index in [4.69, 9.17) is 23.8 Å². The Kier molecular flexibility index (Phi) is 13.1. The lowest BCUT2D eigenvalue weighted by Gasteiger charge is -2.18. The predicted molar refractivity (Wildman–Crippen MR) is 115 cm³/mol. The molecule has 0 spiro atoms. The molecule has 0 aromatic rings. The van der Waals surface area contributed by atoms with Crippen LogP contribution in [0, 0.1) is 0 Å². The van der Waals surface area contributed by atoms with Crippen LogP contribution in [0.2, 0.25) is 0 Å². The van der Waals surface area contributed by atoms with Crippen molar-refractivity contribution in [1.29, 1.82) is 0 Å². The highest BCUT2D eigenvalue weighted by molar-refractivity contribution is 6.01. The first-order chi connectivity index (χ1) is 16.1. The van der Waals surface area contributed by atoms with E-state index >= 15 is 0 Å². The summed E-state index contributed by atoms with van der Waals surface area (Å²) in [7, 11) is 0. The molecule has 1 heterocycles. The minimum Gasteiger partial charge on any atom is -0.446 e. The van der Waals surface area contributed by atoms with Crippen molar-refractivity contribution in [3.05, 3.63) is 12.2 Å². The van der Waals surface area contributed by atoms with E-state index < -0.39 is 23.9 Å². The van der Waals surface area contributed by atoms with E-state index in [0.717, 1.165) is 32.1 Å². The maximum absolute atomic E-state index is 11.8. The first-order valence-corrected chi connectivity index (χ1v) is 11.5. The first-order valence-electron chi connectivity index (χ1n) is 11.5.